The number of benzene rings is 1. The molecule has 0 N–H and O–H groups in total. The lowest BCUT2D eigenvalue weighted by atomic mass is 9.81. The SMILES string of the molecule is CN(C)CC1=CSC(c2ccccc2C2CCCCC2)C1. The zero-order valence-corrected chi connectivity index (χ0v) is 14.2. The summed E-state index contributed by atoms with van der Waals surface area (Å²) in [4.78, 5) is 2.28. The first-order valence-corrected chi connectivity index (χ1v) is 9.25. The van der Waals surface area contributed by atoms with Gasteiger partial charge in [-0.25, -0.2) is 0 Å². The number of nitrogens with zero attached hydrogens (tertiary/aromatic N) is 1. The van der Waals surface area contributed by atoms with Gasteiger partial charge >= 0.3 is 0 Å². The number of rotatable bonds is 4. The van der Waals surface area contributed by atoms with Crippen LogP contribution in [0.1, 0.15) is 60.8 Å². The predicted molar refractivity (Wildman–Crippen MR) is 93.9 cm³/mol. The quantitative estimate of drug-likeness (QED) is 0.736. The molecule has 21 heavy (non-hydrogen) atoms. The van der Waals surface area contributed by atoms with Crippen LogP contribution in [0.15, 0.2) is 35.2 Å². The standard InChI is InChI=1S/C19H27NS/c1-20(2)13-15-12-19(21-14-15)18-11-7-6-10-17(18)16-8-4-3-5-9-16/h6-7,10-11,14,16,19H,3-5,8-9,12-13H2,1-2H3. The highest BCUT2D eigenvalue weighted by Gasteiger charge is 2.25. The largest absolute Gasteiger partial charge is 0.305 e. The van der Waals surface area contributed by atoms with Crippen LogP contribution in [0.2, 0.25) is 0 Å². The molecular formula is C19H27NS. The average Bonchev–Trinajstić information content (AvgIpc) is 2.96. The Balaban J connectivity index is 1.74. The molecule has 1 aliphatic carbocycles. The summed E-state index contributed by atoms with van der Waals surface area (Å²) in [6, 6.07) is 9.25. The lowest BCUT2D eigenvalue weighted by molar-refractivity contribution is 0.437. The second-order valence-electron chi connectivity index (χ2n) is 6.81. The van der Waals surface area contributed by atoms with Gasteiger partial charge in [0, 0.05) is 11.8 Å². The Bertz CT molecular complexity index is 500. The lowest BCUT2D eigenvalue weighted by Gasteiger charge is -2.26. The zero-order valence-electron chi connectivity index (χ0n) is 13.3. The van der Waals surface area contributed by atoms with E-state index >= 15 is 0 Å². The molecule has 0 spiro atoms. The van der Waals surface area contributed by atoms with Crippen LogP contribution < -0.4 is 0 Å². The smallest absolute Gasteiger partial charge is 0.0379 e. The maximum Gasteiger partial charge on any atom is 0.0379 e. The van der Waals surface area contributed by atoms with Crippen LogP contribution in [0, 0.1) is 0 Å². The van der Waals surface area contributed by atoms with Crippen molar-refractivity contribution < 1.29 is 0 Å². The number of hydrogen-bond donors (Lipinski definition) is 0. The minimum atomic E-state index is 0.651. The summed E-state index contributed by atoms with van der Waals surface area (Å²) in [6.07, 6.45) is 8.29. The molecule has 0 radical (unpaired) electrons. The van der Waals surface area contributed by atoms with Crippen LogP contribution in [0.3, 0.4) is 0 Å². The summed E-state index contributed by atoms with van der Waals surface area (Å²) in [5, 5.41) is 3.06. The molecule has 1 heterocycles. The Hall–Kier alpha value is -0.730. The second kappa shape index (κ2) is 7.02. The van der Waals surface area contributed by atoms with E-state index in [2.05, 4.69) is 48.7 Å². The summed E-state index contributed by atoms with van der Waals surface area (Å²) in [7, 11) is 4.32. The van der Waals surface area contributed by atoms with Crippen LogP contribution in [0.25, 0.3) is 0 Å². The molecule has 1 saturated carbocycles. The molecule has 0 bridgehead atoms. The number of likely N-dealkylation sites (N-methyl/N-ethyl adjacent to an activating group) is 1. The molecule has 1 atom stereocenters. The van der Waals surface area contributed by atoms with Crippen LogP contribution >= 0.6 is 11.8 Å². The van der Waals surface area contributed by atoms with Crippen LogP contribution in [-0.2, 0) is 0 Å². The van der Waals surface area contributed by atoms with Crippen molar-refractivity contribution in [3.8, 4) is 0 Å². The van der Waals surface area contributed by atoms with Gasteiger partial charge in [-0.2, -0.15) is 0 Å². The highest BCUT2D eigenvalue weighted by atomic mass is 32.2. The van der Waals surface area contributed by atoms with Gasteiger partial charge in [0.05, 0.1) is 0 Å². The first kappa shape index (κ1) is 15.2. The third-order valence-electron chi connectivity index (χ3n) is 4.75. The van der Waals surface area contributed by atoms with Gasteiger partial charge in [0.25, 0.3) is 0 Å². The van der Waals surface area contributed by atoms with Crippen molar-refractivity contribution in [3.63, 3.8) is 0 Å². The normalized spacial score (nSPS) is 23.6. The first-order chi connectivity index (χ1) is 10.2. The van der Waals surface area contributed by atoms with Gasteiger partial charge in [0.1, 0.15) is 0 Å². The second-order valence-corrected chi connectivity index (χ2v) is 7.88. The van der Waals surface area contributed by atoms with E-state index in [9.17, 15) is 0 Å². The number of thioether (sulfide) groups is 1. The Morgan fingerprint density at radius 1 is 1.05 bits per heavy atom. The summed E-state index contributed by atoms with van der Waals surface area (Å²) < 4.78 is 0. The molecule has 1 unspecified atom stereocenters. The van der Waals surface area contributed by atoms with Crippen molar-refractivity contribution in [1.29, 1.82) is 0 Å². The fourth-order valence-corrected chi connectivity index (χ4v) is 4.99. The average molecular weight is 301 g/mol. The maximum absolute atomic E-state index is 2.41. The minimum Gasteiger partial charge on any atom is -0.305 e. The third-order valence-corrected chi connectivity index (χ3v) is 5.97. The molecule has 3 rings (SSSR count). The molecule has 0 amide bonds. The molecule has 2 heteroatoms. The van der Waals surface area contributed by atoms with E-state index in [-0.39, 0.29) is 0 Å². The van der Waals surface area contributed by atoms with E-state index in [1.54, 1.807) is 16.7 Å². The van der Waals surface area contributed by atoms with Crippen molar-refractivity contribution in [1.82, 2.24) is 4.90 Å². The van der Waals surface area contributed by atoms with E-state index in [4.69, 9.17) is 0 Å². The topological polar surface area (TPSA) is 3.24 Å². The van der Waals surface area contributed by atoms with Crippen molar-refractivity contribution in [2.75, 3.05) is 20.6 Å². The van der Waals surface area contributed by atoms with Crippen molar-refractivity contribution in [2.24, 2.45) is 0 Å². The Morgan fingerprint density at radius 3 is 2.48 bits per heavy atom. The fraction of sp³-hybridized carbons (Fsp3) is 0.579. The van der Waals surface area contributed by atoms with Crippen LogP contribution in [-0.4, -0.2) is 25.5 Å². The van der Waals surface area contributed by atoms with E-state index in [0.717, 1.165) is 12.5 Å². The lowest BCUT2D eigenvalue weighted by Crippen LogP contribution is -2.15. The molecule has 1 nitrogen and oxygen atoms in total. The number of hydrogen-bond acceptors (Lipinski definition) is 2. The Kier molecular flexibility index (Phi) is 5.07. The van der Waals surface area contributed by atoms with Crippen molar-refractivity contribution in [3.05, 3.63) is 46.4 Å². The molecule has 2 aliphatic rings. The molecule has 1 fully saturated rings. The van der Waals surface area contributed by atoms with Gasteiger partial charge in [-0.3, -0.25) is 0 Å². The highest BCUT2D eigenvalue weighted by molar-refractivity contribution is 8.02. The monoisotopic (exact) mass is 301 g/mol. The van der Waals surface area contributed by atoms with Crippen LogP contribution in [0.4, 0.5) is 0 Å². The van der Waals surface area contributed by atoms with E-state index in [1.807, 2.05) is 11.8 Å². The van der Waals surface area contributed by atoms with E-state index in [0.29, 0.717) is 5.25 Å². The first-order valence-electron chi connectivity index (χ1n) is 8.31. The van der Waals surface area contributed by atoms with Gasteiger partial charge < -0.3 is 4.90 Å². The van der Waals surface area contributed by atoms with Gasteiger partial charge in [0.2, 0.25) is 0 Å². The summed E-state index contributed by atoms with van der Waals surface area (Å²) in [5.41, 5.74) is 4.85. The molecule has 114 valence electrons. The summed E-state index contributed by atoms with van der Waals surface area (Å²) in [6.45, 7) is 1.11. The summed E-state index contributed by atoms with van der Waals surface area (Å²) in [5.74, 6) is 0.813. The molecule has 1 aromatic carbocycles. The predicted octanol–water partition coefficient (Wildman–Crippen LogP) is 5.36. The molecule has 0 saturated heterocycles. The Morgan fingerprint density at radius 2 is 1.76 bits per heavy atom. The highest BCUT2D eigenvalue weighted by Crippen LogP contribution is 2.46. The molecule has 1 aromatic rings. The van der Waals surface area contributed by atoms with Crippen LogP contribution in [0.5, 0.6) is 0 Å². The summed E-state index contributed by atoms with van der Waals surface area (Å²) >= 11 is 2.04. The Labute approximate surface area is 133 Å². The zero-order chi connectivity index (χ0) is 14.7. The van der Waals surface area contributed by atoms with E-state index in [1.165, 1.54) is 38.5 Å². The third kappa shape index (κ3) is 3.73. The van der Waals surface area contributed by atoms with Gasteiger partial charge in [-0.15, -0.1) is 11.8 Å². The molecular weight excluding hydrogens is 274 g/mol. The molecule has 1 aliphatic heterocycles. The molecule has 0 aromatic heterocycles. The van der Waals surface area contributed by atoms with E-state index < -0.39 is 0 Å². The minimum absolute atomic E-state index is 0.651. The van der Waals surface area contributed by atoms with Crippen molar-refractivity contribution in [2.45, 2.75) is 49.7 Å². The van der Waals surface area contributed by atoms with Crippen molar-refractivity contribution >= 4 is 11.8 Å². The maximum atomic E-state index is 2.41. The van der Waals surface area contributed by atoms with Gasteiger partial charge in [-0.1, -0.05) is 43.5 Å². The van der Waals surface area contributed by atoms with Gasteiger partial charge in [0.15, 0.2) is 0 Å². The fourth-order valence-electron chi connectivity index (χ4n) is 3.79. The van der Waals surface area contributed by atoms with Gasteiger partial charge in [-0.05, 0) is 61.4 Å².